The van der Waals surface area contributed by atoms with Crippen LogP contribution in [0, 0.1) is 5.41 Å². The molecule has 2 N–H and O–H groups in total. The highest BCUT2D eigenvalue weighted by Crippen LogP contribution is 2.18. The Morgan fingerprint density at radius 1 is 1.47 bits per heavy atom. The standard InChI is InChI=1S/C14H22N2O2S/c1-14(2,3)11(17)10-16-12(18)7-9-19-13-6-4-5-8-15-13/h4-6,8,11,17H,7,9-10H2,1-3H3,(H,16,18). The molecule has 0 spiro atoms. The van der Waals surface area contributed by atoms with E-state index in [1.807, 2.05) is 39.0 Å². The number of rotatable bonds is 6. The summed E-state index contributed by atoms with van der Waals surface area (Å²) in [6.45, 7) is 6.14. The third-order valence-electron chi connectivity index (χ3n) is 2.71. The monoisotopic (exact) mass is 282 g/mol. The van der Waals surface area contributed by atoms with Gasteiger partial charge in [0.2, 0.25) is 5.91 Å². The van der Waals surface area contributed by atoms with Gasteiger partial charge in [-0.05, 0) is 17.5 Å². The van der Waals surface area contributed by atoms with Gasteiger partial charge in [0.1, 0.15) is 0 Å². The Morgan fingerprint density at radius 2 is 2.21 bits per heavy atom. The minimum absolute atomic E-state index is 0.0354. The molecule has 0 fully saturated rings. The van der Waals surface area contributed by atoms with E-state index in [1.165, 1.54) is 0 Å². The summed E-state index contributed by atoms with van der Waals surface area (Å²) in [6.07, 6.45) is 1.64. The summed E-state index contributed by atoms with van der Waals surface area (Å²) >= 11 is 1.55. The van der Waals surface area contributed by atoms with E-state index in [-0.39, 0.29) is 11.3 Å². The highest BCUT2D eigenvalue weighted by Gasteiger charge is 2.22. The number of aliphatic hydroxyl groups is 1. The lowest BCUT2D eigenvalue weighted by Gasteiger charge is -2.25. The van der Waals surface area contributed by atoms with Crippen LogP contribution in [0.1, 0.15) is 27.2 Å². The molecule has 0 bridgehead atoms. The van der Waals surface area contributed by atoms with Gasteiger partial charge in [0.05, 0.1) is 11.1 Å². The van der Waals surface area contributed by atoms with Gasteiger partial charge >= 0.3 is 0 Å². The van der Waals surface area contributed by atoms with Crippen LogP contribution in [0.3, 0.4) is 0 Å². The molecule has 1 rings (SSSR count). The van der Waals surface area contributed by atoms with Gasteiger partial charge in [-0.15, -0.1) is 11.8 Å². The summed E-state index contributed by atoms with van der Waals surface area (Å²) in [7, 11) is 0. The summed E-state index contributed by atoms with van der Waals surface area (Å²) < 4.78 is 0. The van der Waals surface area contributed by atoms with E-state index in [0.29, 0.717) is 18.7 Å². The van der Waals surface area contributed by atoms with Crippen molar-refractivity contribution in [3.63, 3.8) is 0 Å². The van der Waals surface area contributed by atoms with Crippen molar-refractivity contribution in [1.29, 1.82) is 0 Å². The van der Waals surface area contributed by atoms with Crippen molar-refractivity contribution in [3.8, 4) is 0 Å². The smallest absolute Gasteiger partial charge is 0.220 e. The van der Waals surface area contributed by atoms with Crippen molar-refractivity contribution in [2.45, 2.75) is 38.3 Å². The zero-order valence-corrected chi connectivity index (χ0v) is 12.5. The van der Waals surface area contributed by atoms with Crippen LogP contribution >= 0.6 is 11.8 Å². The van der Waals surface area contributed by atoms with Crippen molar-refractivity contribution >= 4 is 17.7 Å². The molecule has 1 amide bonds. The molecule has 1 aromatic rings. The normalized spacial score (nSPS) is 13.1. The van der Waals surface area contributed by atoms with Crippen LogP contribution < -0.4 is 5.32 Å². The molecule has 0 aliphatic rings. The van der Waals surface area contributed by atoms with E-state index in [0.717, 1.165) is 5.03 Å². The first-order valence-electron chi connectivity index (χ1n) is 6.38. The molecule has 0 aromatic carbocycles. The number of amides is 1. The Labute approximate surface area is 119 Å². The van der Waals surface area contributed by atoms with Gasteiger partial charge in [-0.1, -0.05) is 26.8 Å². The fourth-order valence-electron chi connectivity index (χ4n) is 1.29. The number of hydrogen-bond donors (Lipinski definition) is 2. The molecule has 0 saturated heterocycles. The number of pyridine rings is 1. The van der Waals surface area contributed by atoms with Crippen molar-refractivity contribution < 1.29 is 9.90 Å². The molecule has 0 saturated carbocycles. The lowest BCUT2D eigenvalue weighted by atomic mass is 9.89. The molecule has 1 atom stereocenters. The number of nitrogens with one attached hydrogen (secondary N) is 1. The minimum atomic E-state index is -0.528. The lowest BCUT2D eigenvalue weighted by Crippen LogP contribution is -2.39. The van der Waals surface area contributed by atoms with E-state index < -0.39 is 6.10 Å². The van der Waals surface area contributed by atoms with Crippen LogP contribution in [0.5, 0.6) is 0 Å². The topological polar surface area (TPSA) is 62.2 Å². The number of aliphatic hydroxyl groups excluding tert-OH is 1. The Hall–Kier alpha value is -1.07. The van der Waals surface area contributed by atoms with Crippen LogP contribution in [-0.2, 0) is 4.79 Å². The summed E-state index contributed by atoms with van der Waals surface area (Å²) in [5, 5.41) is 13.5. The van der Waals surface area contributed by atoms with Crippen molar-refractivity contribution in [1.82, 2.24) is 10.3 Å². The SMILES string of the molecule is CC(C)(C)C(O)CNC(=O)CCSc1ccccn1. The van der Waals surface area contributed by atoms with Gasteiger partial charge in [0, 0.05) is 24.9 Å². The molecule has 5 heteroatoms. The van der Waals surface area contributed by atoms with Gasteiger partial charge in [0.25, 0.3) is 0 Å². The molecule has 0 aliphatic heterocycles. The second-order valence-corrected chi connectivity index (χ2v) is 6.57. The number of carbonyl (C=O) groups is 1. The highest BCUT2D eigenvalue weighted by molar-refractivity contribution is 7.99. The summed E-state index contributed by atoms with van der Waals surface area (Å²) in [5.41, 5.74) is -0.212. The molecule has 106 valence electrons. The predicted octanol–water partition coefficient (Wildman–Crippen LogP) is 2.09. The number of aromatic nitrogens is 1. The van der Waals surface area contributed by atoms with E-state index >= 15 is 0 Å². The van der Waals surface area contributed by atoms with Gasteiger partial charge < -0.3 is 10.4 Å². The second-order valence-electron chi connectivity index (χ2n) is 5.45. The molecule has 19 heavy (non-hydrogen) atoms. The first-order chi connectivity index (χ1) is 8.89. The quantitative estimate of drug-likeness (QED) is 0.784. The molecule has 1 heterocycles. The third kappa shape index (κ3) is 6.59. The fourth-order valence-corrected chi connectivity index (χ4v) is 2.09. The molecular weight excluding hydrogens is 260 g/mol. The van der Waals surface area contributed by atoms with Gasteiger partial charge in [-0.25, -0.2) is 4.98 Å². The molecule has 0 radical (unpaired) electrons. The summed E-state index contributed by atoms with van der Waals surface area (Å²) in [5.74, 6) is 0.654. The van der Waals surface area contributed by atoms with Crippen LogP contribution in [0.4, 0.5) is 0 Å². The van der Waals surface area contributed by atoms with E-state index in [2.05, 4.69) is 10.3 Å². The van der Waals surface area contributed by atoms with Crippen LogP contribution in [0.25, 0.3) is 0 Å². The largest absolute Gasteiger partial charge is 0.391 e. The Balaban J connectivity index is 2.18. The summed E-state index contributed by atoms with van der Waals surface area (Å²) in [6, 6.07) is 5.71. The van der Waals surface area contributed by atoms with Crippen molar-refractivity contribution in [2.75, 3.05) is 12.3 Å². The fraction of sp³-hybridized carbons (Fsp3) is 0.571. The Kier molecular flexibility index (Phi) is 6.31. The van der Waals surface area contributed by atoms with E-state index in [4.69, 9.17) is 0 Å². The molecule has 0 aliphatic carbocycles. The molecule has 1 unspecified atom stereocenters. The first kappa shape index (κ1) is 16.0. The Bertz CT molecular complexity index is 390. The van der Waals surface area contributed by atoms with Crippen molar-refractivity contribution in [3.05, 3.63) is 24.4 Å². The first-order valence-corrected chi connectivity index (χ1v) is 7.37. The van der Waals surface area contributed by atoms with Crippen molar-refractivity contribution in [2.24, 2.45) is 5.41 Å². The zero-order chi connectivity index (χ0) is 14.3. The number of nitrogens with zero attached hydrogens (tertiary/aromatic N) is 1. The highest BCUT2D eigenvalue weighted by atomic mass is 32.2. The van der Waals surface area contributed by atoms with Crippen LogP contribution in [0.2, 0.25) is 0 Å². The summed E-state index contributed by atoms with van der Waals surface area (Å²) in [4.78, 5) is 15.8. The van der Waals surface area contributed by atoms with Gasteiger partial charge in [0.15, 0.2) is 0 Å². The maximum Gasteiger partial charge on any atom is 0.220 e. The molecular formula is C14H22N2O2S. The maximum absolute atomic E-state index is 11.6. The van der Waals surface area contributed by atoms with Crippen LogP contribution in [0.15, 0.2) is 29.4 Å². The molecule has 1 aromatic heterocycles. The predicted molar refractivity (Wildman–Crippen MR) is 78.0 cm³/mol. The van der Waals surface area contributed by atoms with Gasteiger partial charge in [-0.2, -0.15) is 0 Å². The second kappa shape index (κ2) is 7.50. The number of carbonyl (C=O) groups excluding carboxylic acids is 1. The molecule has 4 nitrogen and oxygen atoms in total. The van der Waals surface area contributed by atoms with E-state index in [9.17, 15) is 9.90 Å². The number of hydrogen-bond acceptors (Lipinski definition) is 4. The van der Waals surface area contributed by atoms with E-state index in [1.54, 1.807) is 18.0 Å². The zero-order valence-electron chi connectivity index (χ0n) is 11.7. The van der Waals surface area contributed by atoms with Gasteiger partial charge in [-0.3, -0.25) is 4.79 Å². The average Bonchev–Trinajstić information content (AvgIpc) is 2.36. The number of thioether (sulfide) groups is 1. The maximum atomic E-state index is 11.6. The lowest BCUT2D eigenvalue weighted by molar-refractivity contribution is -0.121. The Morgan fingerprint density at radius 3 is 2.79 bits per heavy atom. The van der Waals surface area contributed by atoms with Crippen LogP contribution in [-0.4, -0.2) is 34.4 Å². The third-order valence-corrected chi connectivity index (χ3v) is 3.65. The average molecular weight is 282 g/mol. The minimum Gasteiger partial charge on any atom is -0.391 e.